The lowest BCUT2D eigenvalue weighted by atomic mass is 9.95. The molecule has 0 heterocycles. The Morgan fingerprint density at radius 1 is 1.36 bits per heavy atom. The molecular weight excluding hydrogens is 172 g/mol. The standard InChI is InChI=1S/C13H22O/c1-4-11-6-7-12(9-11)13(14)8-5-10(2)3/h11-12H,2,4-9H2,1,3H3. The van der Waals surface area contributed by atoms with Gasteiger partial charge in [-0.15, -0.1) is 6.58 Å². The third-order valence-corrected chi connectivity index (χ3v) is 3.37. The van der Waals surface area contributed by atoms with Gasteiger partial charge in [0.05, 0.1) is 0 Å². The molecule has 0 aromatic rings. The van der Waals surface area contributed by atoms with Crippen molar-refractivity contribution in [3.05, 3.63) is 12.2 Å². The maximum atomic E-state index is 11.8. The Morgan fingerprint density at radius 3 is 2.57 bits per heavy atom. The van der Waals surface area contributed by atoms with Crippen LogP contribution in [0.15, 0.2) is 12.2 Å². The molecule has 0 spiro atoms. The third-order valence-electron chi connectivity index (χ3n) is 3.37. The van der Waals surface area contributed by atoms with Crippen LogP contribution in [0.2, 0.25) is 0 Å². The Bertz CT molecular complexity index is 217. The van der Waals surface area contributed by atoms with Crippen molar-refractivity contribution in [1.82, 2.24) is 0 Å². The Morgan fingerprint density at radius 2 is 2.07 bits per heavy atom. The zero-order valence-corrected chi connectivity index (χ0v) is 9.51. The van der Waals surface area contributed by atoms with E-state index in [-0.39, 0.29) is 0 Å². The van der Waals surface area contributed by atoms with Crippen LogP contribution in [0.3, 0.4) is 0 Å². The van der Waals surface area contributed by atoms with Crippen LogP contribution in [0.25, 0.3) is 0 Å². The third kappa shape index (κ3) is 3.28. The van der Waals surface area contributed by atoms with Gasteiger partial charge in [-0.3, -0.25) is 4.79 Å². The fourth-order valence-corrected chi connectivity index (χ4v) is 2.28. The Balaban J connectivity index is 2.28. The minimum Gasteiger partial charge on any atom is -0.299 e. The molecule has 14 heavy (non-hydrogen) atoms. The van der Waals surface area contributed by atoms with Crippen LogP contribution in [0.4, 0.5) is 0 Å². The van der Waals surface area contributed by atoms with Crippen molar-refractivity contribution in [1.29, 1.82) is 0 Å². The van der Waals surface area contributed by atoms with Crippen LogP contribution in [0, 0.1) is 11.8 Å². The molecule has 1 aliphatic carbocycles. The number of Topliss-reactive ketones (excluding diaryl/α,β-unsaturated/α-hetero) is 1. The summed E-state index contributed by atoms with van der Waals surface area (Å²) < 4.78 is 0. The highest BCUT2D eigenvalue weighted by atomic mass is 16.1. The highest BCUT2D eigenvalue weighted by Gasteiger charge is 2.27. The Labute approximate surface area is 87.6 Å². The van der Waals surface area contributed by atoms with E-state index in [4.69, 9.17) is 0 Å². The monoisotopic (exact) mass is 194 g/mol. The molecule has 1 fully saturated rings. The molecule has 1 heteroatoms. The summed E-state index contributed by atoms with van der Waals surface area (Å²) in [5.41, 5.74) is 1.13. The lowest BCUT2D eigenvalue weighted by Crippen LogP contribution is -2.11. The molecular formula is C13H22O. The summed E-state index contributed by atoms with van der Waals surface area (Å²) >= 11 is 0. The smallest absolute Gasteiger partial charge is 0.136 e. The van der Waals surface area contributed by atoms with Crippen LogP contribution in [0.1, 0.15) is 52.4 Å². The lowest BCUT2D eigenvalue weighted by Gasteiger charge is -2.08. The number of carbonyl (C=O) groups excluding carboxylic acids is 1. The van der Waals surface area contributed by atoms with E-state index in [0.717, 1.165) is 37.2 Å². The number of hydrogen-bond donors (Lipinski definition) is 0. The summed E-state index contributed by atoms with van der Waals surface area (Å²) in [6, 6.07) is 0. The number of hydrogen-bond acceptors (Lipinski definition) is 1. The molecule has 0 bridgehead atoms. The molecule has 0 N–H and O–H groups in total. The molecule has 0 aromatic heterocycles. The normalized spacial score (nSPS) is 26.4. The van der Waals surface area contributed by atoms with Gasteiger partial charge in [0.1, 0.15) is 5.78 Å². The molecule has 0 radical (unpaired) electrons. The quantitative estimate of drug-likeness (QED) is 0.609. The van der Waals surface area contributed by atoms with E-state index < -0.39 is 0 Å². The second kappa shape index (κ2) is 5.33. The van der Waals surface area contributed by atoms with Crippen molar-refractivity contribution in [2.45, 2.75) is 52.4 Å². The largest absolute Gasteiger partial charge is 0.299 e. The number of carbonyl (C=O) groups is 1. The average molecular weight is 194 g/mol. The molecule has 0 aliphatic heterocycles. The first-order chi connectivity index (χ1) is 6.63. The van der Waals surface area contributed by atoms with Gasteiger partial charge in [0.15, 0.2) is 0 Å². The highest BCUT2D eigenvalue weighted by Crippen LogP contribution is 2.34. The minimum absolute atomic E-state index is 0.374. The van der Waals surface area contributed by atoms with E-state index in [1.807, 2.05) is 6.92 Å². The van der Waals surface area contributed by atoms with Crippen LogP contribution < -0.4 is 0 Å². The summed E-state index contributed by atoms with van der Waals surface area (Å²) in [6.45, 7) is 8.06. The predicted octanol–water partition coefficient (Wildman–Crippen LogP) is 3.74. The molecule has 0 aromatic carbocycles. The first-order valence-electron chi connectivity index (χ1n) is 5.80. The molecule has 1 rings (SSSR count). The molecule has 0 saturated heterocycles. The predicted molar refractivity (Wildman–Crippen MR) is 60.2 cm³/mol. The van der Waals surface area contributed by atoms with E-state index >= 15 is 0 Å². The van der Waals surface area contributed by atoms with Gasteiger partial charge in [0.2, 0.25) is 0 Å². The van der Waals surface area contributed by atoms with Crippen molar-refractivity contribution >= 4 is 5.78 Å². The van der Waals surface area contributed by atoms with Gasteiger partial charge in [0, 0.05) is 12.3 Å². The van der Waals surface area contributed by atoms with E-state index in [1.54, 1.807) is 0 Å². The van der Waals surface area contributed by atoms with Crippen molar-refractivity contribution in [2.24, 2.45) is 11.8 Å². The fraction of sp³-hybridized carbons (Fsp3) is 0.769. The SMILES string of the molecule is C=C(C)CCC(=O)C1CCC(CC)C1. The molecule has 1 aliphatic rings. The summed E-state index contributed by atoms with van der Waals surface area (Å²) in [5.74, 6) is 1.66. The van der Waals surface area contributed by atoms with Gasteiger partial charge < -0.3 is 0 Å². The van der Waals surface area contributed by atoms with E-state index in [9.17, 15) is 4.79 Å². The van der Waals surface area contributed by atoms with Crippen LogP contribution in [-0.4, -0.2) is 5.78 Å². The van der Waals surface area contributed by atoms with Gasteiger partial charge in [-0.2, -0.15) is 0 Å². The second-order valence-corrected chi connectivity index (χ2v) is 4.71. The first kappa shape index (κ1) is 11.5. The molecule has 1 saturated carbocycles. The molecule has 1 nitrogen and oxygen atoms in total. The Kier molecular flexibility index (Phi) is 4.37. The maximum absolute atomic E-state index is 11.8. The number of ketones is 1. The summed E-state index contributed by atoms with van der Waals surface area (Å²) in [4.78, 5) is 11.8. The number of allylic oxidation sites excluding steroid dienone is 1. The van der Waals surface area contributed by atoms with Crippen molar-refractivity contribution in [2.75, 3.05) is 0 Å². The van der Waals surface area contributed by atoms with Gasteiger partial charge >= 0.3 is 0 Å². The molecule has 2 unspecified atom stereocenters. The second-order valence-electron chi connectivity index (χ2n) is 4.71. The maximum Gasteiger partial charge on any atom is 0.136 e. The van der Waals surface area contributed by atoms with Gasteiger partial charge in [-0.05, 0) is 38.5 Å². The number of rotatable bonds is 5. The zero-order chi connectivity index (χ0) is 10.6. The average Bonchev–Trinajstić information content (AvgIpc) is 2.62. The lowest BCUT2D eigenvalue weighted by molar-refractivity contribution is -0.122. The van der Waals surface area contributed by atoms with Crippen molar-refractivity contribution < 1.29 is 4.79 Å². The minimum atomic E-state index is 0.374. The molecule has 0 amide bonds. The van der Waals surface area contributed by atoms with Crippen LogP contribution in [0.5, 0.6) is 0 Å². The van der Waals surface area contributed by atoms with Crippen molar-refractivity contribution in [3.8, 4) is 0 Å². The van der Waals surface area contributed by atoms with Gasteiger partial charge in [0.25, 0.3) is 0 Å². The molecule has 80 valence electrons. The topological polar surface area (TPSA) is 17.1 Å². The van der Waals surface area contributed by atoms with E-state index in [1.165, 1.54) is 12.8 Å². The van der Waals surface area contributed by atoms with Gasteiger partial charge in [-0.25, -0.2) is 0 Å². The first-order valence-corrected chi connectivity index (χ1v) is 5.80. The van der Waals surface area contributed by atoms with Crippen molar-refractivity contribution in [3.63, 3.8) is 0 Å². The van der Waals surface area contributed by atoms with Gasteiger partial charge in [-0.1, -0.05) is 18.9 Å². The summed E-state index contributed by atoms with van der Waals surface area (Å²) in [7, 11) is 0. The summed E-state index contributed by atoms with van der Waals surface area (Å²) in [5, 5.41) is 0. The highest BCUT2D eigenvalue weighted by molar-refractivity contribution is 5.81. The zero-order valence-electron chi connectivity index (χ0n) is 9.51. The fourth-order valence-electron chi connectivity index (χ4n) is 2.28. The molecule has 2 atom stereocenters. The Hall–Kier alpha value is -0.590. The van der Waals surface area contributed by atoms with E-state index in [0.29, 0.717) is 11.7 Å². The van der Waals surface area contributed by atoms with E-state index in [2.05, 4.69) is 13.5 Å². The van der Waals surface area contributed by atoms with Crippen LogP contribution in [-0.2, 0) is 4.79 Å². The van der Waals surface area contributed by atoms with Crippen LogP contribution >= 0.6 is 0 Å². The summed E-state index contributed by atoms with van der Waals surface area (Å²) in [6.07, 6.45) is 6.38.